The van der Waals surface area contributed by atoms with Crippen LogP contribution in [0.4, 0.5) is 0 Å². The maximum atomic E-state index is 11.9. The quantitative estimate of drug-likeness (QED) is 0.763. The highest BCUT2D eigenvalue weighted by molar-refractivity contribution is 7.16. The van der Waals surface area contributed by atoms with Crippen LogP contribution in [0.2, 0.25) is 4.34 Å². The summed E-state index contributed by atoms with van der Waals surface area (Å²) in [5, 5.41) is 12.0. The third kappa shape index (κ3) is 5.04. The summed E-state index contributed by atoms with van der Waals surface area (Å²) >= 11 is 7.36. The lowest BCUT2D eigenvalue weighted by Crippen LogP contribution is -2.42. The van der Waals surface area contributed by atoms with Gasteiger partial charge in [0.2, 0.25) is 5.91 Å². The summed E-state index contributed by atoms with van der Waals surface area (Å²) in [4.78, 5) is 13.0. The molecule has 0 aliphatic rings. The number of nitrogens with one attached hydrogen (secondary N) is 1. The molecule has 2 aromatic rings. The summed E-state index contributed by atoms with van der Waals surface area (Å²) in [6.45, 7) is 0.541. The topological polar surface area (TPSA) is 75.3 Å². The molecule has 1 aromatic carbocycles. The van der Waals surface area contributed by atoms with Crippen LogP contribution in [-0.2, 0) is 17.6 Å². The second-order valence-electron chi connectivity index (χ2n) is 4.72. The Morgan fingerprint density at radius 1 is 1.29 bits per heavy atom. The van der Waals surface area contributed by atoms with E-state index in [0.717, 1.165) is 21.2 Å². The molecule has 0 aliphatic heterocycles. The molecule has 0 saturated carbocycles. The Morgan fingerprint density at radius 2 is 2.00 bits per heavy atom. The zero-order chi connectivity index (χ0) is 15.2. The summed E-state index contributed by atoms with van der Waals surface area (Å²) in [5.41, 5.74) is 6.79. The van der Waals surface area contributed by atoms with Gasteiger partial charge in [0.15, 0.2) is 0 Å². The number of nitrogens with two attached hydrogens (primary N) is 1. The fraction of sp³-hybridized carbons (Fsp3) is 0.267. The van der Waals surface area contributed by atoms with E-state index in [2.05, 4.69) is 5.32 Å². The molecule has 0 radical (unpaired) electrons. The zero-order valence-corrected chi connectivity index (χ0v) is 13.0. The maximum Gasteiger partial charge on any atom is 0.237 e. The van der Waals surface area contributed by atoms with Gasteiger partial charge in [0.1, 0.15) is 5.75 Å². The van der Waals surface area contributed by atoms with Crippen LogP contribution in [0.5, 0.6) is 5.75 Å². The molecule has 112 valence electrons. The minimum Gasteiger partial charge on any atom is -0.508 e. The lowest BCUT2D eigenvalue weighted by atomic mass is 10.1. The molecule has 21 heavy (non-hydrogen) atoms. The molecule has 1 aromatic heterocycles. The first-order valence-corrected chi connectivity index (χ1v) is 7.79. The van der Waals surface area contributed by atoms with Crippen LogP contribution in [0.15, 0.2) is 36.4 Å². The molecule has 0 aliphatic carbocycles. The predicted octanol–water partition coefficient (Wildman–Crippen LogP) is 2.34. The molecule has 1 amide bonds. The van der Waals surface area contributed by atoms with Gasteiger partial charge in [-0.3, -0.25) is 4.79 Å². The van der Waals surface area contributed by atoms with Crippen LogP contribution in [0.25, 0.3) is 0 Å². The van der Waals surface area contributed by atoms with Crippen LogP contribution in [0.3, 0.4) is 0 Å². The molecule has 4 N–H and O–H groups in total. The molecular formula is C15H17ClN2O2S. The summed E-state index contributed by atoms with van der Waals surface area (Å²) < 4.78 is 0.750. The third-order valence-corrected chi connectivity index (χ3v) is 4.32. The van der Waals surface area contributed by atoms with Gasteiger partial charge in [-0.15, -0.1) is 11.3 Å². The summed E-state index contributed by atoms with van der Waals surface area (Å²) in [5.74, 6) is 0.0251. The molecule has 0 bridgehead atoms. The van der Waals surface area contributed by atoms with Gasteiger partial charge in [0, 0.05) is 11.4 Å². The standard InChI is InChI=1S/C15H17ClN2O2S/c16-14-6-5-12(21-14)7-8-18-15(20)13(17)9-10-1-3-11(19)4-2-10/h1-6,13,19H,7-9,17H2,(H,18,20)/t13-/m0/s1. The highest BCUT2D eigenvalue weighted by Gasteiger charge is 2.13. The van der Waals surface area contributed by atoms with Crippen LogP contribution in [0.1, 0.15) is 10.4 Å². The monoisotopic (exact) mass is 324 g/mol. The van der Waals surface area contributed by atoms with Crippen LogP contribution in [0, 0.1) is 0 Å². The fourth-order valence-corrected chi connectivity index (χ4v) is 2.99. The van der Waals surface area contributed by atoms with Crippen molar-refractivity contribution >= 4 is 28.8 Å². The Morgan fingerprint density at radius 3 is 2.62 bits per heavy atom. The predicted molar refractivity (Wildman–Crippen MR) is 85.8 cm³/mol. The van der Waals surface area contributed by atoms with Gasteiger partial charge in [0.25, 0.3) is 0 Å². The van der Waals surface area contributed by atoms with Gasteiger partial charge in [-0.05, 0) is 42.7 Å². The zero-order valence-electron chi connectivity index (χ0n) is 11.4. The first-order valence-electron chi connectivity index (χ1n) is 6.60. The van der Waals surface area contributed by atoms with Crippen molar-refractivity contribution in [2.45, 2.75) is 18.9 Å². The second kappa shape index (κ2) is 7.45. The maximum absolute atomic E-state index is 11.9. The van der Waals surface area contributed by atoms with Gasteiger partial charge >= 0.3 is 0 Å². The van der Waals surface area contributed by atoms with Crippen molar-refractivity contribution in [3.8, 4) is 5.75 Å². The van der Waals surface area contributed by atoms with Crippen molar-refractivity contribution in [2.75, 3.05) is 6.54 Å². The minimum absolute atomic E-state index is 0.175. The average molecular weight is 325 g/mol. The number of benzene rings is 1. The molecule has 1 atom stereocenters. The highest BCUT2D eigenvalue weighted by Crippen LogP contribution is 2.21. The first-order chi connectivity index (χ1) is 10.0. The van der Waals surface area contributed by atoms with Crippen molar-refractivity contribution in [3.63, 3.8) is 0 Å². The van der Waals surface area contributed by atoms with E-state index in [9.17, 15) is 9.90 Å². The van der Waals surface area contributed by atoms with Crippen LogP contribution >= 0.6 is 22.9 Å². The molecule has 2 rings (SSSR count). The van der Waals surface area contributed by atoms with Gasteiger partial charge in [-0.1, -0.05) is 23.7 Å². The van der Waals surface area contributed by atoms with E-state index in [1.54, 1.807) is 24.3 Å². The lowest BCUT2D eigenvalue weighted by molar-refractivity contribution is -0.122. The highest BCUT2D eigenvalue weighted by atomic mass is 35.5. The molecule has 6 heteroatoms. The van der Waals surface area contributed by atoms with E-state index in [-0.39, 0.29) is 11.7 Å². The largest absolute Gasteiger partial charge is 0.508 e. The lowest BCUT2D eigenvalue weighted by Gasteiger charge is -2.12. The van der Waals surface area contributed by atoms with Gasteiger partial charge in [0.05, 0.1) is 10.4 Å². The molecule has 0 saturated heterocycles. The summed E-state index contributed by atoms with van der Waals surface area (Å²) in [6.07, 6.45) is 1.19. The Hall–Kier alpha value is -1.56. The van der Waals surface area contributed by atoms with E-state index in [4.69, 9.17) is 17.3 Å². The minimum atomic E-state index is -0.596. The molecule has 4 nitrogen and oxygen atoms in total. The van der Waals surface area contributed by atoms with Gasteiger partial charge in [-0.2, -0.15) is 0 Å². The van der Waals surface area contributed by atoms with Crippen molar-refractivity contribution in [3.05, 3.63) is 51.2 Å². The van der Waals surface area contributed by atoms with Crippen molar-refractivity contribution in [1.29, 1.82) is 0 Å². The van der Waals surface area contributed by atoms with E-state index in [0.29, 0.717) is 13.0 Å². The molecule has 1 heterocycles. The molecule has 0 fully saturated rings. The number of halogens is 1. The molecule has 0 spiro atoms. The number of hydrogen-bond acceptors (Lipinski definition) is 4. The molecular weight excluding hydrogens is 308 g/mol. The van der Waals surface area contributed by atoms with Crippen LogP contribution < -0.4 is 11.1 Å². The van der Waals surface area contributed by atoms with Gasteiger partial charge < -0.3 is 16.2 Å². The summed E-state index contributed by atoms with van der Waals surface area (Å²) in [7, 11) is 0. The Labute approximate surface area is 132 Å². The third-order valence-electron chi connectivity index (χ3n) is 3.03. The number of phenolic OH excluding ortho intramolecular Hbond substituents is 1. The van der Waals surface area contributed by atoms with E-state index < -0.39 is 6.04 Å². The van der Waals surface area contributed by atoms with Crippen molar-refractivity contribution in [1.82, 2.24) is 5.32 Å². The van der Waals surface area contributed by atoms with Crippen molar-refractivity contribution < 1.29 is 9.90 Å². The van der Waals surface area contributed by atoms with E-state index in [1.807, 2.05) is 12.1 Å². The van der Waals surface area contributed by atoms with E-state index >= 15 is 0 Å². The first kappa shape index (κ1) is 15.8. The number of rotatable bonds is 6. The Balaban J connectivity index is 1.75. The average Bonchev–Trinajstić information content (AvgIpc) is 2.87. The smallest absolute Gasteiger partial charge is 0.237 e. The second-order valence-corrected chi connectivity index (χ2v) is 6.52. The van der Waals surface area contributed by atoms with Gasteiger partial charge in [-0.25, -0.2) is 0 Å². The number of amides is 1. The van der Waals surface area contributed by atoms with Crippen LogP contribution in [-0.4, -0.2) is 23.6 Å². The summed E-state index contributed by atoms with van der Waals surface area (Å²) in [6, 6.07) is 9.89. The fourth-order valence-electron chi connectivity index (χ4n) is 1.90. The number of phenols is 1. The number of hydrogen-bond donors (Lipinski definition) is 3. The Kier molecular flexibility index (Phi) is 5.61. The van der Waals surface area contributed by atoms with E-state index in [1.165, 1.54) is 11.3 Å². The number of carbonyl (C=O) groups excluding carboxylic acids is 1. The Bertz CT molecular complexity index is 598. The van der Waals surface area contributed by atoms with Crippen molar-refractivity contribution in [2.24, 2.45) is 5.73 Å². The number of thiophene rings is 1. The number of aromatic hydroxyl groups is 1. The SMILES string of the molecule is N[C@@H](Cc1ccc(O)cc1)C(=O)NCCc1ccc(Cl)s1. The normalized spacial score (nSPS) is 12.1. The molecule has 0 unspecified atom stereocenters. The number of carbonyl (C=O) groups is 1.